The van der Waals surface area contributed by atoms with Gasteiger partial charge in [0.25, 0.3) is 5.91 Å². The normalized spacial score (nSPS) is 41.9. The number of nitrogens with zero attached hydrogens (tertiary/aromatic N) is 2. The molecule has 0 aromatic heterocycles. The maximum Gasteiger partial charge on any atom is 0.254 e. The number of guanidine groups is 1. The van der Waals surface area contributed by atoms with Gasteiger partial charge >= 0.3 is 0 Å². The van der Waals surface area contributed by atoms with Gasteiger partial charge in [0.05, 0.1) is 0 Å². The number of amides is 1. The molecule has 5 heteroatoms. The molecule has 1 atom stereocenters. The quantitative estimate of drug-likeness (QED) is 0.706. The number of carbonyl (C=O) groups excluding carboxylic acids is 1. The highest BCUT2D eigenvalue weighted by atomic mass is 16.2. The van der Waals surface area contributed by atoms with E-state index in [4.69, 9.17) is 0 Å². The van der Waals surface area contributed by atoms with E-state index in [1.54, 1.807) is 0 Å². The van der Waals surface area contributed by atoms with Crippen LogP contribution in [0, 0.1) is 5.92 Å². The van der Waals surface area contributed by atoms with Crippen LogP contribution in [0.25, 0.3) is 0 Å². The largest absolute Gasteiger partial charge is 0.340 e. The molecule has 0 aromatic rings. The fraction of sp³-hybridized carbons (Fsp3) is 0.833. The first-order valence-electron chi connectivity index (χ1n) is 6.61. The molecule has 17 heavy (non-hydrogen) atoms. The average molecular weight is 236 g/mol. The summed E-state index contributed by atoms with van der Waals surface area (Å²) >= 11 is 0. The Labute approximate surface area is 102 Å². The topological polar surface area (TPSA) is 56.7 Å². The molecule has 4 heterocycles. The number of aliphatic imine (C=N–C) groups is 1. The van der Waals surface area contributed by atoms with Crippen molar-refractivity contribution >= 4 is 11.9 Å². The second-order valence-corrected chi connectivity index (χ2v) is 5.33. The van der Waals surface area contributed by atoms with Gasteiger partial charge in [0.1, 0.15) is 5.54 Å². The van der Waals surface area contributed by atoms with Crippen LogP contribution in [0.1, 0.15) is 26.2 Å². The van der Waals surface area contributed by atoms with Crippen LogP contribution >= 0.6 is 0 Å². The highest BCUT2D eigenvalue weighted by Crippen LogP contribution is 2.37. The van der Waals surface area contributed by atoms with Gasteiger partial charge in [-0.05, 0) is 38.3 Å². The molecule has 4 saturated heterocycles. The number of hydrogen-bond acceptors (Lipinski definition) is 3. The van der Waals surface area contributed by atoms with Gasteiger partial charge in [-0.3, -0.25) is 15.1 Å². The minimum absolute atomic E-state index is 0.127. The molecule has 2 bridgehead atoms. The number of carbonyl (C=O) groups is 1. The van der Waals surface area contributed by atoms with Gasteiger partial charge in [-0.25, -0.2) is 0 Å². The lowest BCUT2D eigenvalue weighted by atomic mass is 9.73. The molecule has 0 saturated carbocycles. The van der Waals surface area contributed by atoms with E-state index in [1.165, 1.54) is 0 Å². The third-order valence-electron chi connectivity index (χ3n) is 4.23. The summed E-state index contributed by atoms with van der Waals surface area (Å²) < 4.78 is 0. The fourth-order valence-electron chi connectivity index (χ4n) is 3.29. The second-order valence-electron chi connectivity index (χ2n) is 5.33. The Morgan fingerprint density at radius 2 is 2.24 bits per heavy atom. The van der Waals surface area contributed by atoms with Crippen molar-refractivity contribution in [2.24, 2.45) is 10.9 Å². The summed E-state index contributed by atoms with van der Waals surface area (Å²) in [4.78, 5) is 19.0. The first-order chi connectivity index (χ1) is 8.24. The molecule has 4 aliphatic rings. The van der Waals surface area contributed by atoms with Crippen LogP contribution in [0.4, 0.5) is 0 Å². The molecule has 94 valence electrons. The third-order valence-corrected chi connectivity index (χ3v) is 4.23. The molecule has 4 fully saturated rings. The number of rotatable bonds is 2. The van der Waals surface area contributed by atoms with Crippen molar-refractivity contribution in [3.8, 4) is 0 Å². The van der Waals surface area contributed by atoms with E-state index < -0.39 is 0 Å². The third kappa shape index (κ3) is 1.64. The van der Waals surface area contributed by atoms with Crippen LogP contribution < -0.4 is 10.6 Å². The predicted octanol–water partition coefficient (Wildman–Crippen LogP) is -0.0638. The van der Waals surface area contributed by atoms with Crippen molar-refractivity contribution in [2.45, 2.75) is 31.7 Å². The maximum atomic E-state index is 12.2. The predicted molar refractivity (Wildman–Crippen MR) is 65.8 cm³/mol. The lowest BCUT2D eigenvalue weighted by Crippen LogP contribution is -2.67. The molecule has 2 N–H and O–H groups in total. The van der Waals surface area contributed by atoms with Crippen molar-refractivity contribution in [1.82, 2.24) is 15.5 Å². The van der Waals surface area contributed by atoms with E-state index in [1.807, 2.05) is 0 Å². The van der Waals surface area contributed by atoms with Crippen molar-refractivity contribution in [2.75, 3.05) is 26.2 Å². The van der Waals surface area contributed by atoms with Gasteiger partial charge in [0.15, 0.2) is 5.96 Å². The summed E-state index contributed by atoms with van der Waals surface area (Å²) in [6.45, 7) is 5.98. The Hall–Kier alpha value is -1.10. The Bertz CT molecular complexity index is 360. The molecule has 1 spiro atoms. The summed E-state index contributed by atoms with van der Waals surface area (Å²) in [5.41, 5.74) is -0.386. The van der Waals surface area contributed by atoms with Crippen molar-refractivity contribution in [1.29, 1.82) is 0 Å². The summed E-state index contributed by atoms with van der Waals surface area (Å²) in [7, 11) is 0. The zero-order chi connectivity index (χ0) is 11.9. The van der Waals surface area contributed by atoms with Crippen molar-refractivity contribution in [3.05, 3.63) is 0 Å². The van der Waals surface area contributed by atoms with Gasteiger partial charge in [-0.1, -0.05) is 6.92 Å². The first-order valence-corrected chi connectivity index (χ1v) is 6.61. The minimum atomic E-state index is -0.386. The zero-order valence-electron chi connectivity index (χ0n) is 10.3. The van der Waals surface area contributed by atoms with E-state index in [0.29, 0.717) is 11.9 Å². The van der Waals surface area contributed by atoms with Gasteiger partial charge in [-0.2, -0.15) is 0 Å². The van der Waals surface area contributed by atoms with E-state index in [0.717, 1.165) is 45.4 Å². The fourth-order valence-corrected chi connectivity index (χ4v) is 3.29. The molecule has 1 unspecified atom stereocenters. The molecular weight excluding hydrogens is 216 g/mol. The van der Waals surface area contributed by atoms with Crippen molar-refractivity contribution in [3.63, 3.8) is 0 Å². The molecular formula is C12H20N4O. The Morgan fingerprint density at radius 3 is 2.82 bits per heavy atom. The lowest BCUT2D eigenvalue weighted by Gasteiger charge is -2.49. The molecule has 1 amide bonds. The first kappa shape index (κ1) is 11.0. The van der Waals surface area contributed by atoms with Crippen LogP contribution in [-0.4, -0.2) is 48.5 Å². The van der Waals surface area contributed by atoms with Gasteiger partial charge in [0, 0.05) is 13.1 Å². The van der Waals surface area contributed by atoms with E-state index >= 15 is 0 Å². The molecule has 4 aliphatic heterocycles. The van der Waals surface area contributed by atoms with E-state index in [9.17, 15) is 4.79 Å². The second kappa shape index (κ2) is 3.98. The van der Waals surface area contributed by atoms with Gasteiger partial charge < -0.3 is 10.2 Å². The smallest absolute Gasteiger partial charge is 0.254 e. The highest BCUT2D eigenvalue weighted by Gasteiger charge is 2.55. The zero-order valence-corrected chi connectivity index (χ0v) is 10.3. The maximum absolute atomic E-state index is 12.2. The molecule has 0 radical (unpaired) electrons. The van der Waals surface area contributed by atoms with E-state index in [-0.39, 0.29) is 11.4 Å². The summed E-state index contributed by atoms with van der Waals surface area (Å²) in [6, 6.07) is 0. The molecule has 0 aliphatic carbocycles. The average Bonchev–Trinajstić information content (AvgIpc) is 2.65. The Morgan fingerprint density at radius 1 is 1.47 bits per heavy atom. The Balaban J connectivity index is 1.81. The SMILES string of the molecule is CCCN=C1NC(=O)C2(CN3CCC2CC3)N1. The van der Waals surface area contributed by atoms with Crippen molar-refractivity contribution < 1.29 is 4.79 Å². The van der Waals surface area contributed by atoms with Gasteiger partial charge in [-0.15, -0.1) is 0 Å². The number of hydrogen-bond donors (Lipinski definition) is 2. The lowest BCUT2D eigenvalue weighted by molar-refractivity contribution is -0.131. The number of fused-ring (bicyclic) bond motifs is 2. The van der Waals surface area contributed by atoms with E-state index in [2.05, 4.69) is 27.4 Å². The number of nitrogens with one attached hydrogen (secondary N) is 2. The monoisotopic (exact) mass is 236 g/mol. The summed E-state index contributed by atoms with van der Waals surface area (Å²) in [5.74, 6) is 1.29. The van der Waals surface area contributed by atoms with Crippen LogP contribution in [0.2, 0.25) is 0 Å². The standard InChI is InChI=1S/C12H20N4O/c1-2-5-13-11-14-10(17)12(15-11)8-16-6-3-9(12)4-7-16/h9H,2-8H2,1H3,(H2,13,14,15,17). The molecule has 4 rings (SSSR count). The molecule has 5 nitrogen and oxygen atoms in total. The van der Waals surface area contributed by atoms with Crippen LogP contribution in [0.3, 0.4) is 0 Å². The summed E-state index contributed by atoms with van der Waals surface area (Å²) in [6.07, 6.45) is 3.26. The Kier molecular flexibility index (Phi) is 2.58. The minimum Gasteiger partial charge on any atom is -0.340 e. The highest BCUT2D eigenvalue weighted by molar-refractivity contribution is 6.09. The van der Waals surface area contributed by atoms with Crippen LogP contribution in [-0.2, 0) is 4.79 Å². The summed E-state index contributed by atoms with van der Waals surface area (Å²) in [5, 5.41) is 6.28. The number of piperidine rings is 3. The van der Waals surface area contributed by atoms with Crippen LogP contribution in [0.15, 0.2) is 4.99 Å². The molecule has 0 aromatic carbocycles. The van der Waals surface area contributed by atoms with Crippen LogP contribution in [0.5, 0.6) is 0 Å². The van der Waals surface area contributed by atoms with Gasteiger partial charge in [0.2, 0.25) is 0 Å².